The van der Waals surface area contributed by atoms with Crippen molar-refractivity contribution in [3.63, 3.8) is 0 Å². The molecule has 0 aliphatic rings. The normalized spacial score (nSPS) is 12.2. The zero-order valence-corrected chi connectivity index (χ0v) is 75.8. The molecule has 7 heteroatoms. The monoisotopic (exact) mass is 1510 g/mol. The molecule has 0 aliphatic heterocycles. The molecular formula is C98H196CaN2O4. The first-order valence-corrected chi connectivity index (χ1v) is 49.2. The van der Waals surface area contributed by atoms with Crippen molar-refractivity contribution in [1.82, 2.24) is 9.80 Å². The molecule has 105 heavy (non-hydrogen) atoms. The molecule has 0 aromatic heterocycles. The number of hydrogen-bond donors (Lipinski definition) is 0. The Bertz CT molecular complexity index is 1360. The summed E-state index contributed by atoms with van der Waals surface area (Å²) in [4.78, 5) is 28.5. The fraction of sp³-hybridized carbons (Fsp3) is 0.980. The van der Waals surface area contributed by atoms with Crippen molar-refractivity contribution in [1.29, 1.82) is 0 Å². The Labute approximate surface area is 693 Å². The van der Waals surface area contributed by atoms with E-state index < -0.39 is 24.0 Å². The van der Waals surface area contributed by atoms with Gasteiger partial charge in [0, 0.05) is 12.1 Å². The summed E-state index contributed by atoms with van der Waals surface area (Å²) in [6, 6.07) is -0.795. The van der Waals surface area contributed by atoms with Gasteiger partial charge in [0.05, 0.1) is 11.9 Å². The van der Waals surface area contributed by atoms with E-state index in [9.17, 15) is 19.8 Å². The third-order valence-electron chi connectivity index (χ3n) is 23.7. The molecule has 2 unspecified atom stereocenters. The molecule has 0 aromatic carbocycles. The summed E-state index contributed by atoms with van der Waals surface area (Å²) < 4.78 is 0. The number of hydrogen-bond acceptors (Lipinski definition) is 6. The van der Waals surface area contributed by atoms with Crippen LogP contribution in [0.4, 0.5) is 0 Å². The summed E-state index contributed by atoms with van der Waals surface area (Å²) in [7, 11) is 0. The van der Waals surface area contributed by atoms with Crippen molar-refractivity contribution in [2.75, 3.05) is 26.2 Å². The maximum absolute atomic E-state index is 12.0. The summed E-state index contributed by atoms with van der Waals surface area (Å²) in [5.41, 5.74) is 0. The van der Waals surface area contributed by atoms with Crippen LogP contribution in [-0.2, 0) is 9.59 Å². The van der Waals surface area contributed by atoms with Crippen molar-refractivity contribution in [3.8, 4) is 0 Å². The number of carboxylic acids is 2. The van der Waals surface area contributed by atoms with Crippen LogP contribution in [-0.4, -0.2) is 97.7 Å². The number of unbranched alkanes of at least 4 members (excludes halogenated alkanes) is 76. The van der Waals surface area contributed by atoms with Crippen LogP contribution in [0.5, 0.6) is 0 Å². The van der Waals surface area contributed by atoms with Crippen LogP contribution >= 0.6 is 0 Å². The van der Waals surface area contributed by atoms with Gasteiger partial charge in [0.1, 0.15) is 0 Å². The molecule has 0 rings (SSSR count). The molecule has 0 spiro atoms. The van der Waals surface area contributed by atoms with Crippen molar-refractivity contribution >= 4 is 49.7 Å². The van der Waals surface area contributed by atoms with E-state index in [0.717, 1.165) is 77.5 Å². The van der Waals surface area contributed by atoms with E-state index in [-0.39, 0.29) is 37.7 Å². The van der Waals surface area contributed by atoms with Crippen molar-refractivity contribution in [2.45, 2.75) is 593 Å². The van der Waals surface area contributed by atoms with Gasteiger partial charge in [-0.25, -0.2) is 0 Å². The number of rotatable bonds is 92. The Balaban J connectivity index is -0.00000196. The average molecular weight is 1510 g/mol. The van der Waals surface area contributed by atoms with Gasteiger partial charge in [-0.15, -0.1) is 0 Å². The molecule has 0 aliphatic carbocycles. The van der Waals surface area contributed by atoms with Gasteiger partial charge in [0.25, 0.3) is 0 Å². The molecular weight excluding hydrogens is 1310 g/mol. The number of carboxylic acid groups (broad SMARTS) is 2. The zero-order valence-electron chi connectivity index (χ0n) is 73.6. The smallest absolute Gasteiger partial charge is 0.548 e. The minimum Gasteiger partial charge on any atom is -0.548 e. The molecule has 0 bridgehead atoms. The Kier molecular flexibility index (Phi) is 102. The van der Waals surface area contributed by atoms with Gasteiger partial charge in [0.2, 0.25) is 0 Å². The minimum absolute atomic E-state index is 0. The number of nitrogens with zero attached hydrogens (tertiary/aromatic N) is 2. The van der Waals surface area contributed by atoms with Crippen LogP contribution < -0.4 is 10.2 Å². The standard InChI is InChI=1S/2C49H99NO2.Ca/c2*1-4-7-9-11-13-15-17-19-21-23-25-27-29-31-33-35-37-39-41-43-46-50(48(45-6-3)49(51)52)47-44-42-40-38-36-34-32-30-28-26-24-22-20-18-16-14-12-10-8-5-2;/h2*48H,4-47H2,1-3H3,(H,51,52);/q;;+2/p-2. The van der Waals surface area contributed by atoms with Crippen LogP contribution in [0, 0.1) is 0 Å². The maximum Gasteiger partial charge on any atom is 2.00 e. The summed E-state index contributed by atoms with van der Waals surface area (Å²) in [6.45, 7) is 17.1. The second kappa shape index (κ2) is 98.3. The Morgan fingerprint density at radius 2 is 0.267 bits per heavy atom. The van der Waals surface area contributed by atoms with E-state index in [1.165, 1.54) is 488 Å². The summed E-state index contributed by atoms with van der Waals surface area (Å²) in [5.74, 6) is -1.72. The first-order chi connectivity index (χ1) is 51.3. The Morgan fingerprint density at radius 3 is 0.352 bits per heavy atom. The van der Waals surface area contributed by atoms with Gasteiger partial charge in [-0.2, -0.15) is 0 Å². The molecule has 624 valence electrons. The topological polar surface area (TPSA) is 86.7 Å². The number of carbonyl (C=O) groups excluding carboxylic acids is 2. The van der Waals surface area contributed by atoms with Crippen LogP contribution in [0.2, 0.25) is 0 Å². The largest absolute Gasteiger partial charge is 2.00 e. The average Bonchev–Trinajstić information content (AvgIpc) is 0.923. The number of carbonyl (C=O) groups is 2. The van der Waals surface area contributed by atoms with E-state index in [0.29, 0.717) is 0 Å². The first kappa shape index (κ1) is 109. The summed E-state index contributed by atoms with van der Waals surface area (Å²) in [6.07, 6.45) is 115. The van der Waals surface area contributed by atoms with Crippen LogP contribution in [0.3, 0.4) is 0 Å². The van der Waals surface area contributed by atoms with Gasteiger partial charge >= 0.3 is 37.7 Å². The van der Waals surface area contributed by atoms with E-state index in [2.05, 4.69) is 51.3 Å². The van der Waals surface area contributed by atoms with E-state index in [1.807, 2.05) is 0 Å². The predicted octanol–water partition coefficient (Wildman–Crippen LogP) is 31.3. The van der Waals surface area contributed by atoms with Gasteiger partial charge in [-0.05, 0) is 64.7 Å². The molecule has 0 saturated heterocycles. The predicted molar refractivity (Wildman–Crippen MR) is 468 cm³/mol. The maximum atomic E-state index is 12.0. The SMILES string of the molecule is CCCCCCCCCCCCCCCCCCCCCCN(CCCCCCCCCCCCCCCCCCCCCC)C(CCC)C(=O)[O-].CCCCCCCCCCCCCCCCCCCCCCN(CCCCCCCCCCCCCCCCCCCCCC)C(CCC)C(=O)[O-].[Ca+2]. The van der Waals surface area contributed by atoms with Crippen molar-refractivity contribution in [2.24, 2.45) is 0 Å². The third kappa shape index (κ3) is 89.5. The third-order valence-corrected chi connectivity index (χ3v) is 23.7. The summed E-state index contributed by atoms with van der Waals surface area (Å²) >= 11 is 0. The second-order valence-corrected chi connectivity index (χ2v) is 34.2. The van der Waals surface area contributed by atoms with Crippen LogP contribution in [0.1, 0.15) is 581 Å². The fourth-order valence-corrected chi connectivity index (χ4v) is 16.6. The van der Waals surface area contributed by atoms with Gasteiger partial charge in [-0.3, -0.25) is 9.80 Å². The zero-order chi connectivity index (χ0) is 75.7. The van der Waals surface area contributed by atoms with Gasteiger partial charge in [0.15, 0.2) is 0 Å². The fourth-order valence-electron chi connectivity index (χ4n) is 16.6. The Morgan fingerprint density at radius 1 is 0.171 bits per heavy atom. The molecule has 0 heterocycles. The van der Waals surface area contributed by atoms with Crippen LogP contribution in [0.25, 0.3) is 0 Å². The van der Waals surface area contributed by atoms with E-state index in [1.54, 1.807) is 0 Å². The molecule has 0 fully saturated rings. The van der Waals surface area contributed by atoms with Crippen LogP contribution in [0.15, 0.2) is 0 Å². The second-order valence-electron chi connectivity index (χ2n) is 34.2. The van der Waals surface area contributed by atoms with Gasteiger partial charge < -0.3 is 19.8 Å². The van der Waals surface area contributed by atoms with Crippen molar-refractivity contribution < 1.29 is 19.8 Å². The molecule has 0 radical (unpaired) electrons. The summed E-state index contributed by atoms with van der Waals surface area (Å²) in [5, 5.41) is 24.0. The Hall–Kier alpha value is 0.120. The molecule has 0 amide bonds. The molecule has 0 saturated carbocycles. The van der Waals surface area contributed by atoms with Gasteiger partial charge in [-0.1, -0.05) is 542 Å². The molecule has 2 atom stereocenters. The number of aliphatic carboxylic acids is 2. The minimum atomic E-state index is -0.858. The first-order valence-electron chi connectivity index (χ1n) is 49.2. The molecule has 0 N–H and O–H groups in total. The van der Waals surface area contributed by atoms with Crippen molar-refractivity contribution in [3.05, 3.63) is 0 Å². The molecule has 6 nitrogen and oxygen atoms in total. The van der Waals surface area contributed by atoms with E-state index in [4.69, 9.17) is 0 Å². The molecule has 0 aromatic rings. The van der Waals surface area contributed by atoms with E-state index >= 15 is 0 Å². The quantitative estimate of drug-likeness (QED) is 0.0445.